The Morgan fingerprint density at radius 1 is 1.47 bits per heavy atom. The van der Waals surface area contributed by atoms with E-state index in [2.05, 4.69) is 42.0 Å². The fraction of sp³-hybridized carbons (Fsp3) is 0.500. The van der Waals surface area contributed by atoms with E-state index in [1.54, 1.807) is 12.1 Å². The molecule has 1 unspecified atom stereocenters. The summed E-state index contributed by atoms with van der Waals surface area (Å²) in [4.78, 5) is 12.2. The second kappa shape index (κ2) is 6.73. The highest BCUT2D eigenvalue weighted by Gasteiger charge is 2.24. The maximum atomic E-state index is 12.2. The number of amides is 1. The van der Waals surface area contributed by atoms with Crippen molar-refractivity contribution in [2.45, 2.75) is 27.2 Å². The molecule has 1 aromatic rings. The van der Waals surface area contributed by atoms with Gasteiger partial charge >= 0.3 is 0 Å². The second-order valence-electron chi connectivity index (χ2n) is 5.81. The minimum atomic E-state index is -0.213. The molecule has 1 atom stereocenters. The normalized spacial score (nSPS) is 13.2. The van der Waals surface area contributed by atoms with E-state index in [0.29, 0.717) is 17.3 Å². The van der Waals surface area contributed by atoms with Gasteiger partial charge in [-0.3, -0.25) is 4.79 Å². The van der Waals surface area contributed by atoms with Gasteiger partial charge in [-0.25, -0.2) is 0 Å². The van der Waals surface area contributed by atoms with Gasteiger partial charge in [-0.15, -0.1) is 0 Å². The third-order valence-electron chi connectivity index (χ3n) is 2.70. The Labute approximate surface area is 128 Å². The number of rotatable bonds is 4. The van der Waals surface area contributed by atoms with Crippen molar-refractivity contribution in [2.24, 2.45) is 17.1 Å². The van der Waals surface area contributed by atoms with Gasteiger partial charge in [0.05, 0.1) is 16.6 Å². The highest BCUT2D eigenvalue weighted by atomic mass is 79.9. The molecular formula is C14H20BrClN2O. The first kappa shape index (κ1) is 16.5. The van der Waals surface area contributed by atoms with Crippen LogP contribution in [0.2, 0.25) is 5.02 Å². The summed E-state index contributed by atoms with van der Waals surface area (Å²) in [7, 11) is 0. The Balaban J connectivity index is 2.80. The first-order chi connectivity index (χ1) is 8.73. The van der Waals surface area contributed by atoms with E-state index in [9.17, 15) is 4.79 Å². The van der Waals surface area contributed by atoms with E-state index in [1.807, 2.05) is 6.07 Å². The van der Waals surface area contributed by atoms with Crippen molar-refractivity contribution >= 4 is 39.1 Å². The van der Waals surface area contributed by atoms with Crippen molar-refractivity contribution in [3.05, 3.63) is 27.7 Å². The molecule has 3 N–H and O–H groups in total. The monoisotopic (exact) mass is 346 g/mol. The van der Waals surface area contributed by atoms with Crippen LogP contribution in [0.25, 0.3) is 0 Å². The summed E-state index contributed by atoms with van der Waals surface area (Å²) in [5.74, 6) is -0.299. The molecule has 0 spiro atoms. The van der Waals surface area contributed by atoms with Crippen molar-refractivity contribution < 1.29 is 4.79 Å². The molecule has 106 valence electrons. The minimum Gasteiger partial charge on any atom is -0.330 e. The number of carbonyl (C=O) groups excluding carboxylic acids is 1. The van der Waals surface area contributed by atoms with E-state index in [0.717, 1.165) is 10.9 Å². The molecule has 0 aromatic heterocycles. The predicted octanol–water partition coefficient (Wildman–Crippen LogP) is 4.05. The first-order valence-corrected chi connectivity index (χ1v) is 7.36. The van der Waals surface area contributed by atoms with Crippen LogP contribution in [0.3, 0.4) is 0 Å². The maximum absolute atomic E-state index is 12.2. The van der Waals surface area contributed by atoms with Crippen LogP contribution in [0.1, 0.15) is 27.2 Å². The standard InChI is InChI=1S/C14H20BrClN2O/c1-14(2,3)7-9(8-17)13(19)18-12-6-10(15)4-5-11(12)16/h4-6,9H,7-8,17H2,1-3H3,(H,18,19). The highest BCUT2D eigenvalue weighted by molar-refractivity contribution is 9.10. The Hall–Kier alpha value is -0.580. The Bertz CT molecular complexity index is 457. The molecule has 0 saturated heterocycles. The molecule has 3 nitrogen and oxygen atoms in total. The first-order valence-electron chi connectivity index (χ1n) is 6.19. The number of benzene rings is 1. The quantitative estimate of drug-likeness (QED) is 0.863. The fourth-order valence-electron chi connectivity index (χ4n) is 1.85. The second-order valence-corrected chi connectivity index (χ2v) is 7.13. The largest absolute Gasteiger partial charge is 0.330 e. The summed E-state index contributed by atoms with van der Waals surface area (Å²) in [6.07, 6.45) is 0.737. The molecule has 0 bridgehead atoms. The van der Waals surface area contributed by atoms with Gasteiger partial charge in [0.15, 0.2) is 0 Å². The predicted molar refractivity (Wildman–Crippen MR) is 84.4 cm³/mol. The summed E-state index contributed by atoms with van der Waals surface area (Å²) in [5.41, 5.74) is 6.36. The van der Waals surface area contributed by atoms with Gasteiger partial charge < -0.3 is 11.1 Å². The van der Waals surface area contributed by atoms with Gasteiger partial charge in [0.2, 0.25) is 5.91 Å². The molecule has 0 aliphatic carbocycles. The zero-order valence-electron chi connectivity index (χ0n) is 11.5. The molecule has 1 aromatic carbocycles. The third-order valence-corrected chi connectivity index (χ3v) is 3.52. The number of nitrogens with one attached hydrogen (secondary N) is 1. The minimum absolute atomic E-state index is 0.0580. The molecule has 5 heteroatoms. The van der Waals surface area contributed by atoms with Crippen LogP contribution in [-0.2, 0) is 4.79 Å². The smallest absolute Gasteiger partial charge is 0.228 e. The molecule has 0 fully saturated rings. The molecule has 0 heterocycles. The number of anilines is 1. The molecule has 1 amide bonds. The lowest BCUT2D eigenvalue weighted by Crippen LogP contribution is -2.32. The van der Waals surface area contributed by atoms with Gasteiger partial charge in [-0.05, 0) is 30.0 Å². The Morgan fingerprint density at radius 2 is 2.11 bits per heavy atom. The number of halogens is 2. The molecule has 19 heavy (non-hydrogen) atoms. The van der Waals surface area contributed by atoms with Gasteiger partial charge in [0.25, 0.3) is 0 Å². The fourth-order valence-corrected chi connectivity index (χ4v) is 2.38. The van der Waals surface area contributed by atoms with Crippen molar-refractivity contribution in [2.75, 3.05) is 11.9 Å². The Kier molecular flexibility index (Phi) is 5.83. The summed E-state index contributed by atoms with van der Waals surface area (Å²) in [6, 6.07) is 5.35. The van der Waals surface area contributed by atoms with Crippen molar-refractivity contribution in [1.29, 1.82) is 0 Å². The molecular weight excluding hydrogens is 328 g/mol. The topological polar surface area (TPSA) is 55.1 Å². The lowest BCUT2D eigenvalue weighted by molar-refractivity contribution is -0.120. The van der Waals surface area contributed by atoms with Crippen LogP contribution in [0.15, 0.2) is 22.7 Å². The van der Waals surface area contributed by atoms with Crippen LogP contribution in [0, 0.1) is 11.3 Å². The van der Waals surface area contributed by atoms with Crippen LogP contribution < -0.4 is 11.1 Å². The van der Waals surface area contributed by atoms with Gasteiger partial charge in [-0.2, -0.15) is 0 Å². The van der Waals surface area contributed by atoms with E-state index < -0.39 is 0 Å². The average Bonchev–Trinajstić information content (AvgIpc) is 2.29. The van der Waals surface area contributed by atoms with Crippen LogP contribution in [0.5, 0.6) is 0 Å². The van der Waals surface area contributed by atoms with E-state index in [-0.39, 0.29) is 17.2 Å². The van der Waals surface area contributed by atoms with Gasteiger partial charge in [0, 0.05) is 11.0 Å². The van der Waals surface area contributed by atoms with Crippen molar-refractivity contribution in [3.8, 4) is 0 Å². The molecule has 1 rings (SSSR count). The number of hydrogen-bond donors (Lipinski definition) is 2. The van der Waals surface area contributed by atoms with E-state index in [4.69, 9.17) is 17.3 Å². The summed E-state index contributed by atoms with van der Waals surface area (Å²) in [6.45, 7) is 6.60. The zero-order valence-corrected chi connectivity index (χ0v) is 13.8. The molecule has 0 aliphatic heterocycles. The lowest BCUT2D eigenvalue weighted by atomic mass is 9.84. The van der Waals surface area contributed by atoms with Crippen molar-refractivity contribution in [3.63, 3.8) is 0 Å². The Morgan fingerprint density at radius 3 is 2.63 bits per heavy atom. The summed E-state index contributed by atoms with van der Waals surface area (Å²) >= 11 is 9.41. The maximum Gasteiger partial charge on any atom is 0.228 e. The van der Waals surface area contributed by atoms with Crippen LogP contribution in [0.4, 0.5) is 5.69 Å². The zero-order chi connectivity index (χ0) is 14.6. The third kappa shape index (κ3) is 5.51. The van der Waals surface area contributed by atoms with E-state index in [1.165, 1.54) is 0 Å². The SMILES string of the molecule is CC(C)(C)CC(CN)C(=O)Nc1cc(Br)ccc1Cl. The van der Waals surface area contributed by atoms with Gasteiger partial charge in [0.1, 0.15) is 0 Å². The molecule has 0 radical (unpaired) electrons. The van der Waals surface area contributed by atoms with Crippen LogP contribution >= 0.6 is 27.5 Å². The summed E-state index contributed by atoms with van der Waals surface area (Å²) < 4.78 is 0.868. The van der Waals surface area contributed by atoms with Crippen molar-refractivity contribution in [1.82, 2.24) is 0 Å². The molecule has 0 aliphatic rings. The van der Waals surface area contributed by atoms with Gasteiger partial charge in [-0.1, -0.05) is 48.3 Å². The molecule has 0 saturated carbocycles. The number of hydrogen-bond acceptors (Lipinski definition) is 2. The highest BCUT2D eigenvalue weighted by Crippen LogP contribution is 2.28. The lowest BCUT2D eigenvalue weighted by Gasteiger charge is -2.24. The van der Waals surface area contributed by atoms with Crippen LogP contribution in [-0.4, -0.2) is 12.5 Å². The average molecular weight is 348 g/mol. The summed E-state index contributed by atoms with van der Waals surface area (Å²) in [5, 5.41) is 3.36. The number of carbonyl (C=O) groups is 1. The van der Waals surface area contributed by atoms with E-state index >= 15 is 0 Å². The number of nitrogens with two attached hydrogens (primary N) is 1.